The predicted molar refractivity (Wildman–Crippen MR) is 183 cm³/mol. The smallest absolute Gasteiger partial charge is 0.264 e. The van der Waals surface area contributed by atoms with Crippen molar-refractivity contribution in [2.75, 3.05) is 10.8 Å². The van der Waals surface area contributed by atoms with Gasteiger partial charge in [-0.25, -0.2) is 8.42 Å². The van der Waals surface area contributed by atoms with Crippen LogP contribution in [0.15, 0.2) is 112 Å². The van der Waals surface area contributed by atoms with Crippen molar-refractivity contribution in [1.29, 1.82) is 0 Å². The van der Waals surface area contributed by atoms with Gasteiger partial charge in [0.2, 0.25) is 11.8 Å². The van der Waals surface area contributed by atoms with Crippen molar-refractivity contribution >= 4 is 43.5 Å². The molecule has 0 radical (unpaired) electrons. The summed E-state index contributed by atoms with van der Waals surface area (Å²) in [6.07, 6.45) is 0.984. The molecule has 0 aromatic heterocycles. The molecule has 4 aromatic carbocycles. The number of halogens is 1. The third-order valence-corrected chi connectivity index (χ3v) is 10.0. The Labute approximate surface area is 275 Å². The second-order valence-corrected chi connectivity index (χ2v) is 14.1. The fourth-order valence-corrected chi connectivity index (χ4v) is 6.77. The van der Waals surface area contributed by atoms with Crippen LogP contribution in [-0.2, 0) is 32.6 Å². The van der Waals surface area contributed by atoms with Crippen LogP contribution in [0.1, 0.15) is 42.5 Å². The van der Waals surface area contributed by atoms with Crippen LogP contribution in [-0.4, -0.2) is 43.8 Å². The molecule has 45 heavy (non-hydrogen) atoms. The molecule has 1 N–H and O–H groups in total. The molecule has 4 rings (SSSR count). The number of benzene rings is 4. The Bertz CT molecular complexity index is 1690. The van der Waals surface area contributed by atoms with Crippen LogP contribution in [0.2, 0.25) is 0 Å². The molecular weight excluding hydrogens is 650 g/mol. The van der Waals surface area contributed by atoms with Crippen molar-refractivity contribution in [1.82, 2.24) is 10.2 Å². The number of nitrogens with one attached hydrogen (secondary N) is 1. The molecule has 0 aliphatic carbocycles. The number of carbonyl (C=O) groups is 2. The molecule has 0 spiro atoms. The van der Waals surface area contributed by atoms with Crippen LogP contribution in [0.25, 0.3) is 0 Å². The molecule has 236 valence electrons. The summed E-state index contributed by atoms with van der Waals surface area (Å²) in [6.45, 7) is 7.32. The highest BCUT2D eigenvalue weighted by Gasteiger charge is 2.35. The van der Waals surface area contributed by atoms with Crippen molar-refractivity contribution in [3.63, 3.8) is 0 Å². The number of aryl methyl sites for hydroxylation is 2. The lowest BCUT2D eigenvalue weighted by Gasteiger charge is -2.34. The molecule has 0 fully saturated rings. The van der Waals surface area contributed by atoms with Crippen LogP contribution in [0.3, 0.4) is 0 Å². The van der Waals surface area contributed by atoms with Crippen molar-refractivity contribution < 1.29 is 18.0 Å². The van der Waals surface area contributed by atoms with Crippen molar-refractivity contribution in [2.24, 2.45) is 0 Å². The Morgan fingerprint density at radius 3 is 2.02 bits per heavy atom. The van der Waals surface area contributed by atoms with E-state index in [2.05, 4.69) is 21.2 Å². The molecule has 0 saturated heterocycles. The number of nitrogens with zero attached hydrogens (tertiary/aromatic N) is 2. The first-order valence-electron chi connectivity index (χ1n) is 15.0. The number of carbonyl (C=O) groups excluding carboxylic acids is 2. The van der Waals surface area contributed by atoms with Gasteiger partial charge in [-0.2, -0.15) is 0 Å². The average Bonchev–Trinajstić information content (AvgIpc) is 3.02. The minimum Gasteiger partial charge on any atom is -0.352 e. The number of rotatable bonds is 13. The van der Waals surface area contributed by atoms with E-state index in [1.54, 1.807) is 36.4 Å². The molecule has 9 heteroatoms. The third-order valence-electron chi connectivity index (χ3n) is 7.72. The monoisotopic (exact) mass is 689 g/mol. The maximum atomic E-state index is 14.5. The molecular formula is C36H40BrN3O4S. The van der Waals surface area contributed by atoms with Crippen LogP contribution >= 0.6 is 15.9 Å². The van der Waals surface area contributed by atoms with Gasteiger partial charge in [-0.3, -0.25) is 13.9 Å². The van der Waals surface area contributed by atoms with Gasteiger partial charge in [0.05, 0.1) is 10.6 Å². The number of anilines is 1. The van der Waals surface area contributed by atoms with Gasteiger partial charge in [0, 0.05) is 23.5 Å². The zero-order chi connectivity index (χ0) is 32.6. The van der Waals surface area contributed by atoms with E-state index in [4.69, 9.17) is 0 Å². The molecule has 2 unspecified atom stereocenters. The van der Waals surface area contributed by atoms with Gasteiger partial charge in [0.15, 0.2) is 0 Å². The van der Waals surface area contributed by atoms with E-state index in [-0.39, 0.29) is 29.8 Å². The first kappa shape index (κ1) is 33.9. The third kappa shape index (κ3) is 9.05. The highest BCUT2D eigenvalue weighted by molar-refractivity contribution is 9.10. The predicted octanol–water partition coefficient (Wildman–Crippen LogP) is 6.82. The van der Waals surface area contributed by atoms with E-state index in [0.717, 1.165) is 37.5 Å². The van der Waals surface area contributed by atoms with Crippen LogP contribution in [0.4, 0.5) is 5.69 Å². The lowest BCUT2D eigenvalue weighted by atomic mass is 10.0. The summed E-state index contributed by atoms with van der Waals surface area (Å²) in [5, 5.41) is 3.06. The van der Waals surface area contributed by atoms with E-state index in [1.165, 1.54) is 4.90 Å². The maximum Gasteiger partial charge on any atom is 0.264 e. The number of hydrogen-bond acceptors (Lipinski definition) is 4. The van der Waals surface area contributed by atoms with Gasteiger partial charge in [-0.05, 0) is 74.7 Å². The minimum absolute atomic E-state index is 0.0790. The highest BCUT2D eigenvalue weighted by atomic mass is 79.9. The Morgan fingerprint density at radius 1 is 0.822 bits per heavy atom. The second kappa shape index (κ2) is 15.4. The van der Waals surface area contributed by atoms with E-state index in [0.29, 0.717) is 5.69 Å². The molecule has 7 nitrogen and oxygen atoms in total. The van der Waals surface area contributed by atoms with Gasteiger partial charge in [0.25, 0.3) is 10.0 Å². The molecule has 0 aliphatic heterocycles. The van der Waals surface area contributed by atoms with Crippen LogP contribution in [0, 0.1) is 13.8 Å². The lowest BCUT2D eigenvalue weighted by Crippen LogP contribution is -2.54. The van der Waals surface area contributed by atoms with Crippen molar-refractivity contribution in [3.8, 4) is 0 Å². The van der Waals surface area contributed by atoms with Gasteiger partial charge < -0.3 is 10.2 Å². The molecule has 0 aliphatic rings. The normalized spacial score (nSPS) is 12.6. The summed E-state index contributed by atoms with van der Waals surface area (Å²) in [6, 6.07) is 29.7. The molecule has 0 saturated carbocycles. The van der Waals surface area contributed by atoms with Gasteiger partial charge in [0.1, 0.15) is 12.6 Å². The molecule has 2 amide bonds. The summed E-state index contributed by atoms with van der Waals surface area (Å²) in [7, 11) is -4.14. The average molecular weight is 691 g/mol. The molecule has 4 aromatic rings. The fourth-order valence-electron chi connectivity index (χ4n) is 4.90. The lowest BCUT2D eigenvalue weighted by molar-refractivity contribution is -0.140. The molecule has 0 bridgehead atoms. The standard InChI is InChI=1S/C36H40BrN3O4S/c1-5-28(4)38-36(42)34(23-29-10-7-6-8-11-29)39(24-30-12-9-13-31(37)22-30)35(41)25-40(32-18-14-26(2)15-19-32)45(43,44)33-20-16-27(3)17-21-33/h6-22,28,34H,5,23-25H2,1-4H3,(H,38,42). The Morgan fingerprint density at radius 2 is 1.42 bits per heavy atom. The number of hydrogen-bond donors (Lipinski definition) is 1. The topological polar surface area (TPSA) is 86.8 Å². The van der Waals surface area contributed by atoms with E-state index in [1.807, 2.05) is 94.4 Å². The summed E-state index contributed by atoms with van der Waals surface area (Å²) < 4.78 is 30.2. The van der Waals surface area contributed by atoms with E-state index in [9.17, 15) is 18.0 Å². The Hall–Kier alpha value is -3.95. The van der Waals surface area contributed by atoms with Crippen LogP contribution < -0.4 is 9.62 Å². The van der Waals surface area contributed by atoms with Gasteiger partial charge in [-0.1, -0.05) is 101 Å². The summed E-state index contributed by atoms with van der Waals surface area (Å²) in [5.74, 6) is -0.786. The summed E-state index contributed by atoms with van der Waals surface area (Å²) in [5.41, 5.74) is 3.93. The zero-order valence-corrected chi connectivity index (χ0v) is 28.5. The van der Waals surface area contributed by atoms with Gasteiger partial charge in [-0.15, -0.1) is 0 Å². The van der Waals surface area contributed by atoms with Gasteiger partial charge >= 0.3 is 0 Å². The summed E-state index contributed by atoms with van der Waals surface area (Å²) in [4.78, 5) is 30.0. The zero-order valence-electron chi connectivity index (χ0n) is 26.1. The van der Waals surface area contributed by atoms with Crippen molar-refractivity contribution in [3.05, 3.63) is 130 Å². The van der Waals surface area contributed by atoms with Crippen molar-refractivity contribution in [2.45, 2.75) is 64.1 Å². The Balaban J connectivity index is 1.80. The summed E-state index contributed by atoms with van der Waals surface area (Å²) >= 11 is 3.51. The first-order chi connectivity index (χ1) is 21.5. The quantitative estimate of drug-likeness (QED) is 0.167. The number of amides is 2. The maximum absolute atomic E-state index is 14.5. The van der Waals surface area contributed by atoms with Crippen LogP contribution in [0.5, 0.6) is 0 Å². The minimum atomic E-state index is -4.14. The SMILES string of the molecule is CCC(C)NC(=O)C(Cc1ccccc1)N(Cc1cccc(Br)c1)C(=O)CN(c1ccc(C)cc1)S(=O)(=O)c1ccc(C)cc1. The number of sulfonamides is 1. The Kier molecular flexibility index (Phi) is 11.6. The first-order valence-corrected chi connectivity index (χ1v) is 17.3. The highest BCUT2D eigenvalue weighted by Crippen LogP contribution is 2.26. The fraction of sp³-hybridized carbons (Fsp3) is 0.278. The second-order valence-electron chi connectivity index (χ2n) is 11.3. The van der Waals surface area contributed by atoms with E-state index < -0.39 is 28.5 Å². The largest absolute Gasteiger partial charge is 0.352 e. The molecule has 2 atom stereocenters. The molecule has 0 heterocycles. The van der Waals surface area contributed by atoms with E-state index >= 15 is 0 Å².